The van der Waals surface area contributed by atoms with Crippen LogP contribution in [0.2, 0.25) is 0 Å². The molecule has 0 fully saturated rings. The summed E-state index contributed by atoms with van der Waals surface area (Å²) in [6, 6.07) is 8.19. The van der Waals surface area contributed by atoms with Crippen LogP contribution in [0.1, 0.15) is 16.0 Å². The molecule has 7 heteroatoms. The lowest BCUT2D eigenvalue weighted by molar-refractivity contribution is -0.114. The molecule has 1 amide bonds. The van der Waals surface area contributed by atoms with E-state index in [1.165, 1.54) is 11.1 Å². The minimum atomic E-state index is -0.0336. The van der Waals surface area contributed by atoms with Crippen LogP contribution >= 0.6 is 22.7 Å². The second-order valence-electron chi connectivity index (χ2n) is 6.49. The van der Waals surface area contributed by atoms with E-state index in [9.17, 15) is 4.79 Å². The van der Waals surface area contributed by atoms with Crippen molar-refractivity contribution in [1.82, 2.24) is 9.88 Å². The third-order valence-electron chi connectivity index (χ3n) is 4.27. The van der Waals surface area contributed by atoms with E-state index in [-0.39, 0.29) is 18.3 Å². The molecule has 3 rings (SSSR count). The van der Waals surface area contributed by atoms with Crippen molar-refractivity contribution >= 4 is 50.0 Å². The summed E-state index contributed by atoms with van der Waals surface area (Å²) >= 11 is 3.20. The van der Waals surface area contributed by atoms with Gasteiger partial charge in [0.1, 0.15) is 0 Å². The van der Waals surface area contributed by atoms with Crippen LogP contribution in [0, 0.1) is 13.8 Å². The number of anilines is 1. The molecule has 0 N–H and O–H groups in total. The standard InChI is InChI=1S/C20H23N3OS2.ClH/c1-14-7-9-17-19(15(14)2)21-20(26-17)23(12-11-22(3)4)18(24)10-8-16-6-5-13-25-16;/h5-10,13H,11-12H2,1-4H3;1H/p-1/b10-8+;. The van der Waals surface area contributed by atoms with Crippen LogP contribution < -0.4 is 17.3 Å². The summed E-state index contributed by atoms with van der Waals surface area (Å²) in [5.74, 6) is -0.0336. The zero-order valence-electron chi connectivity index (χ0n) is 15.9. The maximum atomic E-state index is 12.9. The van der Waals surface area contributed by atoms with Crippen molar-refractivity contribution in [2.75, 3.05) is 32.1 Å². The number of thiazole rings is 1. The zero-order chi connectivity index (χ0) is 18.7. The molecule has 3 aromatic rings. The lowest BCUT2D eigenvalue weighted by Crippen LogP contribution is -3.00. The summed E-state index contributed by atoms with van der Waals surface area (Å²) in [6.45, 7) is 5.57. The third kappa shape index (κ3) is 5.17. The number of rotatable bonds is 6. The van der Waals surface area contributed by atoms with E-state index in [4.69, 9.17) is 4.98 Å². The first kappa shape index (κ1) is 21.6. The predicted molar refractivity (Wildman–Crippen MR) is 113 cm³/mol. The van der Waals surface area contributed by atoms with Gasteiger partial charge in [0, 0.05) is 24.0 Å². The Balaban J connectivity index is 0.00000261. The summed E-state index contributed by atoms with van der Waals surface area (Å²) in [5, 5.41) is 2.77. The minimum Gasteiger partial charge on any atom is -1.00 e. The fourth-order valence-corrected chi connectivity index (χ4v) is 4.23. The van der Waals surface area contributed by atoms with E-state index in [1.807, 2.05) is 37.7 Å². The zero-order valence-corrected chi connectivity index (χ0v) is 18.3. The van der Waals surface area contributed by atoms with Crippen LogP contribution in [0.25, 0.3) is 16.3 Å². The smallest absolute Gasteiger partial charge is 0.252 e. The van der Waals surface area contributed by atoms with Gasteiger partial charge in [-0.3, -0.25) is 9.69 Å². The van der Waals surface area contributed by atoms with Crippen LogP contribution in [0.15, 0.2) is 35.7 Å². The van der Waals surface area contributed by atoms with Crippen molar-refractivity contribution in [2.45, 2.75) is 13.8 Å². The molecule has 0 aliphatic carbocycles. The number of fused-ring (bicyclic) bond motifs is 1. The Morgan fingerprint density at radius 3 is 2.63 bits per heavy atom. The number of thiophene rings is 1. The van der Waals surface area contributed by atoms with Gasteiger partial charge in [0.2, 0.25) is 0 Å². The van der Waals surface area contributed by atoms with E-state index < -0.39 is 0 Å². The van der Waals surface area contributed by atoms with E-state index in [0.717, 1.165) is 26.8 Å². The van der Waals surface area contributed by atoms with E-state index in [1.54, 1.807) is 33.6 Å². The van der Waals surface area contributed by atoms with E-state index in [0.29, 0.717) is 6.54 Å². The molecular weight excluding hydrogens is 398 g/mol. The number of carbonyl (C=O) groups is 1. The number of amides is 1. The number of carbonyl (C=O) groups excluding carboxylic acids is 1. The second kappa shape index (κ2) is 9.46. The molecule has 0 unspecified atom stereocenters. The lowest BCUT2D eigenvalue weighted by atomic mass is 10.1. The predicted octanol–water partition coefficient (Wildman–Crippen LogP) is 1.59. The molecule has 0 atom stereocenters. The number of likely N-dealkylation sites (N-methyl/N-ethyl adjacent to an activating group) is 1. The van der Waals surface area contributed by atoms with Gasteiger partial charge in [-0.25, -0.2) is 4.98 Å². The SMILES string of the molecule is Cc1ccc2sc(N(CCN(C)C)C(=O)/C=C/c3cccs3)nc2c1C.[Cl-]. The van der Waals surface area contributed by atoms with Crippen LogP contribution in [0.3, 0.4) is 0 Å². The Morgan fingerprint density at radius 2 is 1.96 bits per heavy atom. The summed E-state index contributed by atoms with van der Waals surface area (Å²) in [6.07, 6.45) is 3.52. The van der Waals surface area contributed by atoms with Gasteiger partial charge in [0.25, 0.3) is 5.91 Å². The second-order valence-corrected chi connectivity index (χ2v) is 8.48. The quantitative estimate of drug-likeness (QED) is 0.568. The van der Waals surface area contributed by atoms with Crippen molar-refractivity contribution in [3.63, 3.8) is 0 Å². The molecule has 2 aromatic heterocycles. The average Bonchev–Trinajstić information content (AvgIpc) is 3.26. The van der Waals surface area contributed by atoms with E-state index in [2.05, 4.69) is 30.9 Å². The largest absolute Gasteiger partial charge is 1.00 e. The van der Waals surface area contributed by atoms with Crippen LogP contribution in [0.5, 0.6) is 0 Å². The first-order valence-electron chi connectivity index (χ1n) is 8.50. The van der Waals surface area contributed by atoms with Gasteiger partial charge in [-0.1, -0.05) is 23.5 Å². The minimum absolute atomic E-state index is 0. The maximum Gasteiger partial charge on any atom is 0.252 e. The van der Waals surface area contributed by atoms with E-state index >= 15 is 0 Å². The molecule has 4 nitrogen and oxygen atoms in total. The van der Waals surface area contributed by atoms with Crippen molar-refractivity contribution < 1.29 is 17.2 Å². The fraction of sp³-hybridized carbons (Fsp3) is 0.300. The molecule has 1 aromatic carbocycles. The topological polar surface area (TPSA) is 36.4 Å². The molecule has 2 heterocycles. The fourth-order valence-electron chi connectivity index (χ4n) is 2.56. The Labute approximate surface area is 174 Å². The Morgan fingerprint density at radius 1 is 1.19 bits per heavy atom. The number of halogens is 1. The van der Waals surface area contributed by atoms with Crippen molar-refractivity contribution in [3.05, 3.63) is 51.7 Å². The molecule has 0 saturated heterocycles. The highest BCUT2D eigenvalue weighted by Gasteiger charge is 2.19. The molecule has 144 valence electrons. The molecule has 0 bridgehead atoms. The molecular formula is C20H23ClN3OS2-. The Hall–Kier alpha value is -1.73. The van der Waals surface area contributed by atoms with Gasteiger partial charge in [-0.15, -0.1) is 11.3 Å². The molecule has 27 heavy (non-hydrogen) atoms. The summed E-state index contributed by atoms with van der Waals surface area (Å²) < 4.78 is 1.12. The number of aromatic nitrogens is 1. The van der Waals surface area contributed by atoms with Crippen LogP contribution in [-0.4, -0.2) is 43.0 Å². The van der Waals surface area contributed by atoms with Crippen molar-refractivity contribution in [2.24, 2.45) is 0 Å². The normalized spacial score (nSPS) is 11.3. The Bertz CT molecular complexity index is 932. The lowest BCUT2D eigenvalue weighted by Gasteiger charge is -2.20. The Kier molecular flexibility index (Phi) is 7.56. The highest BCUT2D eigenvalue weighted by molar-refractivity contribution is 7.22. The molecule has 0 spiro atoms. The summed E-state index contributed by atoms with van der Waals surface area (Å²) in [4.78, 5) is 22.6. The van der Waals surface area contributed by atoms with Gasteiger partial charge in [0.15, 0.2) is 5.13 Å². The van der Waals surface area contributed by atoms with Crippen molar-refractivity contribution in [1.29, 1.82) is 0 Å². The number of benzene rings is 1. The summed E-state index contributed by atoms with van der Waals surface area (Å²) in [7, 11) is 4.02. The van der Waals surface area contributed by atoms with Gasteiger partial charge in [0.05, 0.1) is 10.2 Å². The number of hydrogen-bond donors (Lipinski definition) is 0. The molecule has 0 aliphatic heterocycles. The first-order valence-corrected chi connectivity index (χ1v) is 10.2. The maximum absolute atomic E-state index is 12.9. The van der Waals surface area contributed by atoms with Crippen LogP contribution in [0.4, 0.5) is 5.13 Å². The van der Waals surface area contributed by atoms with Gasteiger partial charge in [-0.2, -0.15) is 0 Å². The molecule has 0 saturated carbocycles. The molecule has 0 radical (unpaired) electrons. The third-order valence-corrected chi connectivity index (χ3v) is 6.16. The van der Waals surface area contributed by atoms with Crippen molar-refractivity contribution in [3.8, 4) is 0 Å². The first-order chi connectivity index (χ1) is 12.5. The highest BCUT2D eigenvalue weighted by atomic mass is 35.5. The number of nitrogens with zero attached hydrogens (tertiary/aromatic N) is 3. The highest BCUT2D eigenvalue weighted by Crippen LogP contribution is 2.32. The van der Waals surface area contributed by atoms with Gasteiger partial charge in [-0.05, 0) is 62.7 Å². The van der Waals surface area contributed by atoms with Gasteiger partial charge >= 0.3 is 0 Å². The molecule has 0 aliphatic rings. The number of hydrogen-bond acceptors (Lipinski definition) is 5. The average molecular weight is 421 g/mol. The van der Waals surface area contributed by atoms with Crippen LogP contribution in [-0.2, 0) is 4.79 Å². The monoisotopic (exact) mass is 420 g/mol. The number of aryl methyl sites for hydroxylation is 2. The van der Waals surface area contributed by atoms with Gasteiger partial charge < -0.3 is 17.3 Å². The summed E-state index contributed by atoms with van der Waals surface area (Å²) in [5.41, 5.74) is 3.40.